The first kappa shape index (κ1) is 14.7. The van der Waals surface area contributed by atoms with Gasteiger partial charge in [0.05, 0.1) is 10.0 Å². The molecular formula is C13H7Cl2F2O3. The van der Waals surface area contributed by atoms with E-state index >= 15 is 0 Å². The standard InChI is InChI=1S/C13H7Cl2F2O3/c14-8-5-4-7(6-9(8)15)19-12-10(18)2-1-3-11(12)20-13(16)17/h1-6,13H. The monoisotopic (exact) mass is 319 g/mol. The van der Waals surface area contributed by atoms with Crippen LogP contribution in [0, 0.1) is 0 Å². The molecule has 7 heteroatoms. The van der Waals surface area contributed by atoms with Gasteiger partial charge in [-0.3, -0.25) is 5.11 Å². The number of hydrogen-bond acceptors (Lipinski definition) is 2. The van der Waals surface area contributed by atoms with E-state index in [9.17, 15) is 13.9 Å². The normalized spacial score (nSPS) is 10.7. The Balaban J connectivity index is 2.34. The molecule has 3 nitrogen and oxygen atoms in total. The topological polar surface area (TPSA) is 38.4 Å². The molecule has 2 rings (SSSR count). The minimum absolute atomic E-state index is 0.182. The van der Waals surface area contributed by atoms with Crippen molar-refractivity contribution in [3.8, 4) is 23.0 Å². The Morgan fingerprint density at radius 3 is 2.45 bits per heavy atom. The summed E-state index contributed by atoms with van der Waals surface area (Å²) in [4.78, 5) is 0. The molecule has 0 aliphatic carbocycles. The number of alkyl halides is 2. The second-order valence-corrected chi connectivity index (χ2v) is 4.45. The average molecular weight is 320 g/mol. The molecule has 0 aliphatic rings. The van der Waals surface area contributed by atoms with Crippen molar-refractivity contribution in [2.75, 3.05) is 0 Å². The quantitative estimate of drug-likeness (QED) is 0.743. The van der Waals surface area contributed by atoms with Crippen molar-refractivity contribution >= 4 is 23.2 Å². The first-order valence-electron chi connectivity index (χ1n) is 5.35. The van der Waals surface area contributed by atoms with Crippen molar-refractivity contribution in [1.82, 2.24) is 0 Å². The van der Waals surface area contributed by atoms with Gasteiger partial charge in [0.2, 0.25) is 11.5 Å². The number of ether oxygens (including phenoxy) is 2. The first-order chi connectivity index (χ1) is 9.47. The van der Waals surface area contributed by atoms with E-state index in [0.717, 1.165) is 0 Å². The summed E-state index contributed by atoms with van der Waals surface area (Å²) >= 11 is 11.5. The summed E-state index contributed by atoms with van der Waals surface area (Å²) in [5, 5.41) is 12.2. The molecule has 2 aromatic rings. The number of hydrogen-bond donors (Lipinski definition) is 0. The molecule has 0 spiro atoms. The fourth-order valence-corrected chi connectivity index (χ4v) is 1.73. The van der Waals surface area contributed by atoms with Gasteiger partial charge in [0.15, 0.2) is 5.75 Å². The van der Waals surface area contributed by atoms with E-state index in [-0.39, 0.29) is 22.3 Å². The van der Waals surface area contributed by atoms with Crippen molar-refractivity contribution < 1.29 is 23.4 Å². The zero-order valence-corrected chi connectivity index (χ0v) is 11.3. The lowest BCUT2D eigenvalue weighted by Gasteiger charge is -2.12. The fraction of sp³-hybridized carbons (Fsp3) is 0.0769. The molecule has 0 saturated heterocycles. The van der Waals surface area contributed by atoms with E-state index < -0.39 is 12.4 Å². The second kappa shape index (κ2) is 6.15. The van der Waals surface area contributed by atoms with E-state index in [0.29, 0.717) is 5.02 Å². The van der Waals surface area contributed by atoms with E-state index in [1.807, 2.05) is 0 Å². The summed E-state index contributed by atoms with van der Waals surface area (Å²) in [6, 6.07) is 7.95. The third-order valence-corrected chi connectivity index (χ3v) is 3.01. The van der Waals surface area contributed by atoms with Crippen LogP contribution in [0.4, 0.5) is 8.78 Å². The first-order valence-corrected chi connectivity index (χ1v) is 6.10. The highest BCUT2D eigenvalue weighted by molar-refractivity contribution is 6.42. The lowest BCUT2D eigenvalue weighted by molar-refractivity contribution is -0.0511. The summed E-state index contributed by atoms with van der Waals surface area (Å²) < 4.78 is 34.0. The summed E-state index contributed by atoms with van der Waals surface area (Å²) in [6.07, 6.45) is 0. The molecule has 0 saturated carbocycles. The van der Waals surface area contributed by atoms with Gasteiger partial charge in [-0.2, -0.15) is 8.78 Å². The molecule has 105 valence electrons. The maximum atomic E-state index is 12.3. The molecule has 1 radical (unpaired) electrons. The Hall–Kier alpha value is -1.72. The molecule has 0 amide bonds. The maximum Gasteiger partial charge on any atom is 0.387 e. The summed E-state index contributed by atoms with van der Waals surface area (Å²) in [5.41, 5.74) is 0. The largest absolute Gasteiger partial charge is 0.449 e. The lowest BCUT2D eigenvalue weighted by Crippen LogP contribution is -2.03. The van der Waals surface area contributed by atoms with Crippen molar-refractivity contribution in [2.45, 2.75) is 6.61 Å². The molecule has 0 heterocycles. The number of para-hydroxylation sites is 1. The molecular weight excluding hydrogens is 313 g/mol. The van der Waals surface area contributed by atoms with Crippen LogP contribution in [0.1, 0.15) is 0 Å². The van der Waals surface area contributed by atoms with Gasteiger partial charge in [0.25, 0.3) is 0 Å². The van der Waals surface area contributed by atoms with Gasteiger partial charge in [0, 0.05) is 6.07 Å². The van der Waals surface area contributed by atoms with Crippen LogP contribution in [0.2, 0.25) is 10.0 Å². The Labute approximate surface area is 123 Å². The minimum Gasteiger partial charge on any atom is -0.449 e. The predicted octanol–water partition coefficient (Wildman–Crippen LogP) is 5.53. The Kier molecular flexibility index (Phi) is 4.52. The van der Waals surface area contributed by atoms with Crippen molar-refractivity contribution in [1.29, 1.82) is 0 Å². The molecule has 20 heavy (non-hydrogen) atoms. The average Bonchev–Trinajstić information content (AvgIpc) is 2.37. The van der Waals surface area contributed by atoms with Crippen LogP contribution >= 0.6 is 23.2 Å². The van der Waals surface area contributed by atoms with Gasteiger partial charge >= 0.3 is 6.61 Å². The van der Waals surface area contributed by atoms with Gasteiger partial charge in [-0.15, -0.1) is 0 Å². The Morgan fingerprint density at radius 1 is 1.05 bits per heavy atom. The minimum atomic E-state index is -3.06. The molecule has 0 unspecified atom stereocenters. The van der Waals surface area contributed by atoms with Crippen LogP contribution in [0.15, 0.2) is 36.4 Å². The van der Waals surface area contributed by atoms with E-state index in [4.69, 9.17) is 27.9 Å². The van der Waals surface area contributed by atoms with Gasteiger partial charge < -0.3 is 9.47 Å². The Morgan fingerprint density at radius 2 is 1.80 bits per heavy atom. The molecule has 0 aromatic heterocycles. The van der Waals surface area contributed by atoms with Gasteiger partial charge in [-0.05, 0) is 24.3 Å². The molecule has 0 aliphatic heterocycles. The van der Waals surface area contributed by atoms with Crippen molar-refractivity contribution in [2.24, 2.45) is 0 Å². The van der Waals surface area contributed by atoms with Crippen LogP contribution in [0.3, 0.4) is 0 Å². The summed E-state index contributed by atoms with van der Waals surface area (Å²) in [6.45, 7) is -3.06. The molecule has 0 N–H and O–H groups in total. The highest BCUT2D eigenvalue weighted by atomic mass is 35.5. The highest BCUT2D eigenvalue weighted by Crippen LogP contribution is 2.41. The zero-order valence-electron chi connectivity index (χ0n) is 9.78. The fourth-order valence-electron chi connectivity index (χ4n) is 1.44. The predicted molar refractivity (Wildman–Crippen MR) is 69.7 cm³/mol. The lowest BCUT2D eigenvalue weighted by atomic mass is 10.3. The van der Waals surface area contributed by atoms with Crippen LogP contribution < -0.4 is 9.47 Å². The number of benzene rings is 2. The van der Waals surface area contributed by atoms with E-state index in [2.05, 4.69) is 4.74 Å². The van der Waals surface area contributed by atoms with E-state index in [1.54, 1.807) is 0 Å². The van der Waals surface area contributed by atoms with Crippen LogP contribution in [-0.2, 0) is 5.11 Å². The smallest absolute Gasteiger partial charge is 0.387 e. The molecule has 2 aromatic carbocycles. The number of halogens is 4. The van der Waals surface area contributed by atoms with Gasteiger partial charge in [-0.1, -0.05) is 29.3 Å². The number of rotatable bonds is 4. The van der Waals surface area contributed by atoms with Crippen molar-refractivity contribution in [3.05, 3.63) is 46.4 Å². The summed E-state index contributed by atoms with van der Waals surface area (Å²) in [7, 11) is 0. The highest BCUT2D eigenvalue weighted by Gasteiger charge is 2.17. The third kappa shape index (κ3) is 3.43. The van der Waals surface area contributed by atoms with Gasteiger partial charge in [-0.25, -0.2) is 0 Å². The molecule has 0 bridgehead atoms. The van der Waals surface area contributed by atoms with Crippen LogP contribution in [0.25, 0.3) is 0 Å². The van der Waals surface area contributed by atoms with Gasteiger partial charge in [0.1, 0.15) is 5.75 Å². The SMILES string of the molecule is [O]c1cccc(OC(F)F)c1Oc1ccc(Cl)c(Cl)c1. The molecule has 0 atom stereocenters. The molecule has 0 fully saturated rings. The Bertz CT molecular complexity index is 621. The summed E-state index contributed by atoms with van der Waals surface area (Å²) in [5.74, 6) is -1.10. The van der Waals surface area contributed by atoms with Crippen molar-refractivity contribution in [3.63, 3.8) is 0 Å². The maximum absolute atomic E-state index is 12.3. The zero-order chi connectivity index (χ0) is 14.7. The van der Waals surface area contributed by atoms with Crippen LogP contribution in [0.5, 0.6) is 23.0 Å². The van der Waals surface area contributed by atoms with Crippen LogP contribution in [-0.4, -0.2) is 6.61 Å². The third-order valence-electron chi connectivity index (χ3n) is 2.27. The second-order valence-electron chi connectivity index (χ2n) is 3.64. The van der Waals surface area contributed by atoms with E-state index in [1.165, 1.54) is 36.4 Å².